The first-order valence-corrected chi connectivity index (χ1v) is 5.20. The first-order chi connectivity index (χ1) is 7.02. The van der Waals surface area contributed by atoms with Crippen molar-refractivity contribution >= 4 is 11.8 Å². The first kappa shape index (κ1) is 13.9. The quantitative estimate of drug-likeness (QED) is 0.631. The van der Waals surface area contributed by atoms with Crippen LogP contribution in [0.2, 0.25) is 0 Å². The number of rotatable bonds is 6. The van der Waals surface area contributed by atoms with Crippen molar-refractivity contribution in [3.05, 3.63) is 0 Å². The lowest BCUT2D eigenvalue weighted by molar-refractivity contribution is -0.129. The molecule has 0 spiro atoms. The number of nitrogens with two attached hydrogens (primary N) is 1. The highest BCUT2D eigenvalue weighted by Gasteiger charge is 2.14. The SMILES string of the molecule is CCC(CN)C(=O)NCCC(=O)N(C)C. The van der Waals surface area contributed by atoms with E-state index in [0.717, 1.165) is 6.42 Å². The molecule has 3 N–H and O–H groups in total. The average molecular weight is 215 g/mol. The predicted molar refractivity (Wildman–Crippen MR) is 59.2 cm³/mol. The van der Waals surface area contributed by atoms with Gasteiger partial charge in [-0.3, -0.25) is 9.59 Å². The van der Waals surface area contributed by atoms with Gasteiger partial charge in [0.25, 0.3) is 0 Å². The maximum absolute atomic E-state index is 11.4. The molecule has 0 aromatic carbocycles. The molecule has 2 amide bonds. The maximum Gasteiger partial charge on any atom is 0.224 e. The van der Waals surface area contributed by atoms with E-state index in [4.69, 9.17) is 5.73 Å². The zero-order valence-corrected chi connectivity index (χ0v) is 9.75. The van der Waals surface area contributed by atoms with Gasteiger partial charge in [0, 0.05) is 39.5 Å². The lowest BCUT2D eigenvalue weighted by Crippen LogP contribution is -2.36. The van der Waals surface area contributed by atoms with Gasteiger partial charge in [0.05, 0.1) is 0 Å². The monoisotopic (exact) mass is 215 g/mol. The van der Waals surface area contributed by atoms with Crippen molar-refractivity contribution in [1.82, 2.24) is 10.2 Å². The van der Waals surface area contributed by atoms with Gasteiger partial charge in [-0.1, -0.05) is 6.92 Å². The van der Waals surface area contributed by atoms with Crippen molar-refractivity contribution in [1.29, 1.82) is 0 Å². The van der Waals surface area contributed by atoms with Crippen LogP contribution in [-0.2, 0) is 9.59 Å². The number of carbonyl (C=O) groups is 2. The second kappa shape index (κ2) is 7.23. The lowest BCUT2D eigenvalue weighted by atomic mass is 10.1. The highest BCUT2D eigenvalue weighted by atomic mass is 16.2. The summed E-state index contributed by atoms with van der Waals surface area (Å²) in [5, 5.41) is 2.70. The van der Waals surface area contributed by atoms with E-state index >= 15 is 0 Å². The van der Waals surface area contributed by atoms with Crippen molar-refractivity contribution in [3.63, 3.8) is 0 Å². The Morgan fingerprint density at radius 1 is 1.40 bits per heavy atom. The smallest absolute Gasteiger partial charge is 0.224 e. The van der Waals surface area contributed by atoms with E-state index in [0.29, 0.717) is 19.5 Å². The molecule has 0 heterocycles. The average Bonchev–Trinajstić information content (AvgIpc) is 2.19. The number of amides is 2. The van der Waals surface area contributed by atoms with Crippen LogP contribution >= 0.6 is 0 Å². The topological polar surface area (TPSA) is 75.4 Å². The predicted octanol–water partition coefficient (Wildman–Crippen LogP) is -0.434. The molecule has 0 saturated carbocycles. The van der Waals surface area contributed by atoms with Crippen LogP contribution in [0.1, 0.15) is 19.8 Å². The third-order valence-corrected chi connectivity index (χ3v) is 2.29. The second-order valence-electron chi connectivity index (χ2n) is 3.67. The van der Waals surface area contributed by atoms with Crippen LogP contribution in [0.15, 0.2) is 0 Å². The summed E-state index contributed by atoms with van der Waals surface area (Å²) >= 11 is 0. The molecule has 0 radical (unpaired) electrons. The molecular formula is C10H21N3O2. The molecule has 15 heavy (non-hydrogen) atoms. The van der Waals surface area contributed by atoms with E-state index in [1.165, 1.54) is 4.90 Å². The van der Waals surface area contributed by atoms with Crippen molar-refractivity contribution in [3.8, 4) is 0 Å². The summed E-state index contributed by atoms with van der Waals surface area (Å²) in [4.78, 5) is 24.1. The summed E-state index contributed by atoms with van der Waals surface area (Å²) < 4.78 is 0. The van der Waals surface area contributed by atoms with Gasteiger partial charge in [0.15, 0.2) is 0 Å². The molecule has 0 aliphatic rings. The molecule has 88 valence electrons. The largest absolute Gasteiger partial charge is 0.355 e. The Kier molecular flexibility index (Phi) is 6.70. The Balaban J connectivity index is 3.76. The molecule has 5 heteroatoms. The molecule has 5 nitrogen and oxygen atoms in total. The van der Waals surface area contributed by atoms with Crippen molar-refractivity contribution < 1.29 is 9.59 Å². The molecule has 0 saturated heterocycles. The Labute approximate surface area is 91.0 Å². The van der Waals surface area contributed by atoms with E-state index in [1.807, 2.05) is 6.92 Å². The maximum atomic E-state index is 11.4. The normalized spacial score (nSPS) is 12.0. The Bertz CT molecular complexity index is 213. The number of nitrogens with one attached hydrogen (secondary N) is 1. The van der Waals surface area contributed by atoms with Crippen LogP contribution in [0.25, 0.3) is 0 Å². The molecule has 0 aliphatic heterocycles. The van der Waals surface area contributed by atoms with E-state index in [-0.39, 0.29) is 17.7 Å². The minimum absolute atomic E-state index is 0.0103. The van der Waals surface area contributed by atoms with Gasteiger partial charge in [0.2, 0.25) is 11.8 Å². The molecule has 0 fully saturated rings. The van der Waals surface area contributed by atoms with Crippen LogP contribution in [0, 0.1) is 5.92 Å². The lowest BCUT2D eigenvalue weighted by Gasteiger charge is -2.13. The zero-order valence-electron chi connectivity index (χ0n) is 9.75. The number of hydrogen-bond donors (Lipinski definition) is 2. The first-order valence-electron chi connectivity index (χ1n) is 5.20. The molecule has 0 bridgehead atoms. The van der Waals surface area contributed by atoms with Gasteiger partial charge < -0.3 is 16.0 Å². The van der Waals surface area contributed by atoms with Crippen molar-refractivity contribution in [2.75, 3.05) is 27.2 Å². The van der Waals surface area contributed by atoms with Crippen molar-refractivity contribution in [2.24, 2.45) is 11.7 Å². The van der Waals surface area contributed by atoms with Crippen LogP contribution in [0.4, 0.5) is 0 Å². The summed E-state index contributed by atoms with van der Waals surface area (Å²) in [6.45, 7) is 2.65. The zero-order chi connectivity index (χ0) is 11.8. The van der Waals surface area contributed by atoms with Gasteiger partial charge in [-0.25, -0.2) is 0 Å². The van der Waals surface area contributed by atoms with Crippen LogP contribution in [-0.4, -0.2) is 43.9 Å². The van der Waals surface area contributed by atoms with E-state index in [2.05, 4.69) is 5.32 Å². The standard InChI is InChI=1S/C10H21N3O2/c1-4-8(7-11)10(15)12-6-5-9(14)13(2)3/h8H,4-7,11H2,1-3H3,(H,12,15). The van der Waals surface area contributed by atoms with Gasteiger partial charge in [-0.15, -0.1) is 0 Å². The second-order valence-corrected chi connectivity index (χ2v) is 3.67. The number of nitrogens with zero attached hydrogens (tertiary/aromatic N) is 1. The summed E-state index contributed by atoms with van der Waals surface area (Å²) in [5.41, 5.74) is 5.43. The van der Waals surface area contributed by atoms with Gasteiger partial charge in [-0.05, 0) is 6.42 Å². The molecule has 0 rings (SSSR count). The summed E-state index contributed by atoms with van der Waals surface area (Å²) in [7, 11) is 3.39. The summed E-state index contributed by atoms with van der Waals surface area (Å²) in [6.07, 6.45) is 1.06. The van der Waals surface area contributed by atoms with Crippen LogP contribution in [0.3, 0.4) is 0 Å². The fourth-order valence-electron chi connectivity index (χ4n) is 1.12. The minimum Gasteiger partial charge on any atom is -0.355 e. The van der Waals surface area contributed by atoms with Gasteiger partial charge >= 0.3 is 0 Å². The summed E-state index contributed by atoms with van der Waals surface area (Å²) in [6, 6.07) is 0. The Morgan fingerprint density at radius 3 is 2.40 bits per heavy atom. The van der Waals surface area contributed by atoms with Crippen LogP contribution in [0.5, 0.6) is 0 Å². The molecule has 1 unspecified atom stereocenters. The van der Waals surface area contributed by atoms with Crippen LogP contribution < -0.4 is 11.1 Å². The summed E-state index contributed by atoms with van der Waals surface area (Å²) in [5.74, 6) is -0.192. The third kappa shape index (κ3) is 5.37. The fraction of sp³-hybridized carbons (Fsp3) is 0.800. The Hall–Kier alpha value is -1.10. The highest BCUT2D eigenvalue weighted by Crippen LogP contribution is 1.99. The van der Waals surface area contributed by atoms with Gasteiger partial charge in [0.1, 0.15) is 0 Å². The van der Waals surface area contributed by atoms with E-state index in [1.54, 1.807) is 14.1 Å². The molecule has 0 aromatic rings. The molecule has 0 aromatic heterocycles. The Morgan fingerprint density at radius 2 is 2.00 bits per heavy atom. The van der Waals surface area contributed by atoms with E-state index < -0.39 is 0 Å². The van der Waals surface area contributed by atoms with E-state index in [9.17, 15) is 9.59 Å². The minimum atomic E-state index is -0.139. The van der Waals surface area contributed by atoms with Crippen molar-refractivity contribution in [2.45, 2.75) is 19.8 Å². The number of carbonyl (C=O) groups excluding carboxylic acids is 2. The fourth-order valence-corrected chi connectivity index (χ4v) is 1.12. The molecule has 1 atom stereocenters. The molecule has 0 aliphatic carbocycles. The highest BCUT2D eigenvalue weighted by molar-refractivity contribution is 5.80. The molecular weight excluding hydrogens is 194 g/mol. The number of hydrogen-bond acceptors (Lipinski definition) is 3. The van der Waals surface area contributed by atoms with Gasteiger partial charge in [-0.2, -0.15) is 0 Å². The third-order valence-electron chi connectivity index (χ3n) is 2.29.